The normalized spacial score (nSPS) is 20.2. The zero-order chi connectivity index (χ0) is 23.6. The Kier molecular flexibility index (Phi) is 7.07. The van der Waals surface area contributed by atoms with Crippen LogP contribution < -0.4 is 15.5 Å². The topological polar surface area (TPSA) is 83.5 Å². The van der Waals surface area contributed by atoms with Gasteiger partial charge in [0.05, 0.1) is 17.4 Å². The molecular formula is C24H30ClN7S. The fourth-order valence-electron chi connectivity index (χ4n) is 4.69. The summed E-state index contributed by atoms with van der Waals surface area (Å²) in [7, 11) is 3.84. The smallest absolute Gasteiger partial charge is 0.147 e. The first kappa shape index (κ1) is 23.7. The Bertz CT molecular complexity index is 1070. The van der Waals surface area contributed by atoms with Gasteiger partial charge in [-0.3, -0.25) is 4.99 Å². The van der Waals surface area contributed by atoms with Crippen molar-refractivity contribution in [2.45, 2.75) is 42.1 Å². The van der Waals surface area contributed by atoms with Gasteiger partial charge in [-0.05, 0) is 50.0 Å². The van der Waals surface area contributed by atoms with Crippen LogP contribution in [0.1, 0.15) is 26.2 Å². The van der Waals surface area contributed by atoms with E-state index in [2.05, 4.69) is 37.6 Å². The number of pyridine rings is 1. The minimum Gasteiger partial charge on any atom is -0.361 e. The van der Waals surface area contributed by atoms with Crippen LogP contribution in [0, 0.1) is 5.41 Å². The first-order valence-electron chi connectivity index (χ1n) is 11.0. The highest BCUT2D eigenvalue weighted by Gasteiger charge is 2.46. The van der Waals surface area contributed by atoms with Crippen molar-refractivity contribution in [2.75, 3.05) is 37.0 Å². The Morgan fingerprint density at radius 1 is 1.27 bits per heavy atom. The van der Waals surface area contributed by atoms with Gasteiger partial charge in [-0.25, -0.2) is 15.0 Å². The molecule has 2 aromatic heterocycles. The van der Waals surface area contributed by atoms with Gasteiger partial charge in [0.25, 0.3) is 0 Å². The summed E-state index contributed by atoms with van der Waals surface area (Å²) in [4.78, 5) is 23.0. The van der Waals surface area contributed by atoms with Crippen molar-refractivity contribution in [2.24, 2.45) is 16.1 Å². The van der Waals surface area contributed by atoms with E-state index in [9.17, 15) is 0 Å². The quantitative estimate of drug-likeness (QED) is 0.601. The van der Waals surface area contributed by atoms with Gasteiger partial charge in [0.15, 0.2) is 0 Å². The van der Waals surface area contributed by atoms with Crippen LogP contribution in [0.15, 0.2) is 63.0 Å². The van der Waals surface area contributed by atoms with Gasteiger partial charge in [0, 0.05) is 50.0 Å². The Hall–Kier alpha value is -2.42. The summed E-state index contributed by atoms with van der Waals surface area (Å²) in [6, 6.07) is 1.89. The third-order valence-electron chi connectivity index (χ3n) is 6.56. The molecule has 9 heteroatoms. The molecule has 1 aliphatic heterocycles. The van der Waals surface area contributed by atoms with Crippen LogP contribution in [-0.2, 0) is 0 Å². The van der Waals surface area contributed by atoms with E-state index < -0.39 is 0 Å². The maximum Gasteiger partial charge on any atom is 0.147 e. The molecule has 0 unspecified atom stereocenters. The Labute approximate surface area is 204 Å². The first-order valence-corrected chi connectivity index (χ1v) is 12.2. The number of nitrogens with two attached hydrogens (primary N) is 1. The molecule has 1 aliphatic carbocycles. The Balaban J connectivity index is 1.42. The van der Waals surface area contributed by atoms with Crippen LogP contribution in [0.4, 0.5) is 11.6 Å². The number of aliphatic imine (C=N–C) groups is 1. The number of hydrogen-bond acceptors (Lipinski definition) is 8. The molecule has 2 N–H and O–H groups in total. The lowest BCUT2D eigenvalue weighted by Gasteiger charge is -2.42. The molecule has 3 heterocycles. The van der Waals surface area contributed by atoms with E-state index in [0.717, 1.165) is 65.2 Å². The summed E-state index contributed by atoms with van der Waals surface area (Å²) in [5, 5.41) is 1.41. The maximum atomic E-state index is 6.70. The van der Waals surface area contributed by atoms with Gasteiger partial charge in [-0.1, -0.05) is 35.5 Å². The van der Waals surface area contributed by atoms with Gasteiger partial charge in [0.2, 0.25) is 0 Å². The summed E-state index contributed by atoms with van der Waals surface area (Å²) in [5.74, 6) is 1.62. The fourth-order valence-corrected chi connectivity index (χ4v) is 5.84. The van der Waals surface area contributed by atoms with Gasteiger partial charge in [0.1, 0.15) is 16.7 Å². The minimum atomic E-state index is -0.00150. The van der Waals surface area contributed by atoms with Gasteiger partial charge in [-0.15, -0.1) is 0 Å². The predicted molar refractivity (Wildman–Crippen MR) is 138 cm³/mol. The minimum absolute atomic E-state index is 0.00150. The number of anilines is 2. The third kappa shape index (κ3) is 4.65. The summed E-state index contributed by atoms with van der Waals surface area (Å²) in [6.45, 7) is 7.56. The summed E-state index contributed by atoms with van der Waals surface area (Å²) in [6.07, 6.45) is 12.4. The molecule has 2 aromatic rings. The number of aromatic nitrogens is 3. The van der Waals surface area contributed by atoms with Crippen molar-refractivity contribution < 1.29 is 0 Å². The molecule has 33 heavy (non-hydrogen) atoms. The lowest BCUT2D eigenvalue weighted by molar-refractivity contribution is 0.203. The molecule has 1 saturated heterocycles. The molecule has 1 spiro atoms. The lowest BCUT2D eigenvalue weighted by Crippen LogP contribution is -2.48. The van der Waals surface area contributed by atoms with E-state index in [-0.39, 0.29) is 11.5 Å². The number of piperidine rings is 1. The van der Waals surface area contributed by atoms with Gasteiger partial charge < -0.3 is 15.5 Å². The van der Waals surface area contributed by atoms with Crippen LogP contribution in [0.2, 0.25) is 5.02 Å². The molecule has 7 nitrogen and oxygen atoms in total. The van der Waals surface area contributed by atoms with Crippen LogP contribution in [0.5, 0.6) is 0 Å². The van der Waals surface area contributed by atoms with Crippen LogP contribution in [0.25, 0.3) is 0 Å². The number of hydrogen-bond donors (Lipinski definition) is 1. The van der Waals surface area contributed by atoms with Gasteiger partial charge in [-0.2, -0.15) is 0 Å². The Morgan fingerprint density at radius 3 is 2.64 bits per heavy atom. The standard InChI is InChI=1S/C24H30ClN7S/c1-5-6-16-17(27-2)13-24(22(16)26)8-11-32(12-9-24)19-14-30-20(15-29-19)33-18-7-10-28-23(21(18)25)31(3)4/h5-7,10,14-15,22H,2,8-9,11-13,26H2,1,3-4H3/b6-5-/t22-/m1/s1. The SMILES string of the molecule is C=NC1=C(/C=C\C)[C@@H](N)C2(CCN(c3cnc(Sc4ccnc(N(C)C)c4Cl)cn3)CC2)C1. The highest BCUT2D eigenvalue weighted by molar-refractivity contribution is 7.99. The maximum absolute atomic E-state index is 6.70. The van der Waals surface area contributed by atoms with E-state index in [1.807, 2.05) is 50.5 Å². The molecule has 2 aliphatic rings. The second-order valence-corrected chi connectivity index (χ2v) is 10.2. The summed E-state index contributed by atoms with van der Waals surface area (Å²) >= 11 is 8.01. The van der Waals surface area contributed by atoms with Gasteiger partial charge >= 0.3 is 0 Å². The average Bonchev–Trinajstić information content (AvgIpc) is 3.07. The monoisotopic (exact) mass is 483 g/mol. The predicted octanol–water partition coefficient (Wildman–Crippen LogP) is 4.59. The number of rotatable bonds is 6. The number of nitrogens with zero attached hydrogens (tertiary/aromatic N) is 6. The Morgan fingerprint density at radius 2 is 2.03 bits per heavy atom. The third-order valence-corrected chi connectivity index (χ3v) is 8.02. The van der Waals surface area contributed by atoms with Crippen molar-refractivity contribution in [1.29, 1.82) is 0 Å². The lowest BCUT2D eigenvalue weighted by atomic mass is 9.72. The van der Waals surface area contributed by atoms with Crippen LogP contribution in [0.3, 0.4) is 0 Å². The molecule has 0 radical (unpaired) electrons. The van der Waals surface area contributed by atoms with Crippen molar-refractivity contribution in [1.82, 2.24) is 15.0 Å². The van der Waals surface area contributed by atoms with E-state index in [1.54, 1.807) is 6.20 Å². The highest BCUT2D eigenvalue weighted by atomic mass is 35.5. The van der Waals surface area contributed by atoms with Crippen molar-refractivity contribution >= 4 is 41.7 Å². The molecule has 4 rings (SSSR count). The average molecular weight is 484 g/mol. The molecular weight excluding hydrogens is 454 g/mol. The second kappa shape index (κ2) is 9.83. The zero-order valence-corrected chi connectivity index (χ0v) is 20.9. The van der Waals surface area contributed by atoms with Crippen molar-refractivity contribution in [3.05, 3.63) is 53.1 Å². The molecule has 0 amide bonds. The molecule has 0 aromatic carbocycles. The first-order chi connectivity index (χ1) is 15.9. The highest BCUT2D eigenvalue weighted by Crippen LogP contribution is 2.49. The number of halogens is 1. The second-order valence-electron chi connectivity index (χ2n) is 8.72. The number of allylic oxidation sites excluding steroid dienone is 2. The molecule has 174 valence electrons. The zero-order valence-electron chi connectivity index (χ0n) is 19.3. The summed E-state index contributed by atoms with van der Waals surface area (Å²) < 4.78 is 0. The van der Waals surface area contributed by atoms with Crippen molar-refractivity contribution in [3.63, 3.8) is 0 Å². The van der Waals surface area contributed by atoms with E-state index >= 15 is 0 Å². The van der Waals surface area contributed by atoms with Crippen LogP contribution >= 0.6 is 23.4 Å². The molecule has 0 saturated carbocycles. The van der Waals surface area contributed by atoms with E-state index in [4.69, 9.17) is 17.3 Å². The fraction of sp³-hybridized carbons (Fsp3) is 0.417. The van der Waals surface area contributed by atoms with Crippen LogP contribution in [-0.4, -0.2) is 54.9 Å². The largest absolute Gasteiger partial charge is 0.361 e. The van der Waals surface area contributed by atoms with E-state index in [0.29, 0.717) is 5.02 Å². The summed E-state index contributed by atoms with van der Waals surface area (Å²) in [5.41, 5.74) is 8.92. The molecule has 1 fully saturated rings. The van der Waals surface area contributed by atoms with E-state index in [1.165, 1.54) is 11.8 Å². The molecule has 1 atom stereocenters. The van der Waals surface area contributed by atoms with Crippen molar-refractivity contribution in [3.8, 4) is 0 Å². The molecule has 0 bridgehead atoms.